The van der Waals surface area contributed by atoms with Crippen LogP contribution in [-0.2, 0) is 6.54 Å². The molecular weight excluding hydrogens is 288 g/mol. The van der Waals surface area contributed by atoms with E-state index in [0.29, 0.717) is 12.3 Å². The number of carbonyl (C=O) groups excluding carboxylic acids is 1. The average molecular weight is 304 g/mol. The number of pyridine rings is 1. The van der Waals surface area contributed by atoms with Gasteiger partial charge in [-0.05, 0) is 41.0 Å². The van der Waals surface area contributed by atoms with Gasteiger partial charge in [0.25, 0.3) is 0 Å². The minimum Gasteiger partial charge on any atom is -0.410 e. The van der Waals surface area contributed by atoms with E-state index in [1.165, 1.54) is 0 Å². The minimum atomic E-state index is -0.480. The van der Waals surface area contributed by atoms with Crippen molar-refractivity contribution in [2.45, 2.75) is 6.54 Å². The maximum absolute atomic E-state index is 11.9. The summed E-state index contributed by atoms with van der Waals surface area (Å²) in [5.74, 6) is 0.513. The Hall–Kier alpha value is -3.14. The zero-order valence-electron chi connectivity index (χ0n) is 12.5. The highest BCUT2D eigenvalue weighted by molar-refractivity contribution is 5.72. The molecule has 0 saturated heterocycles. The molecule has 3 rings (SSSR count). The summed E-state index contributed by atoms with van der Waals surface area (Å²) in [6.45, 7) is 0.403. The van der Waals surface area contributed by atoms with Gasteiger partial charge in [-0.3, -0.25) is 4.98 Å². The number of nitrogens with zero attached hydrogens (tertiary/aromatic N) is 1. The van der Waals surface area contributed by atoms with Gasteiger partial charge in [-0.25, -0.2) is 4.79 Å². The smallest absolute Gasteiger partial charge is 0.410 e. The molecule has 0 saturated carbocycles. The summed E-state index contributed by atoms with van der Waals surface area (Å²) in [6, 6.07) is 21.1. The van der Waals surface area contributed by atoms with Crippen molar-refractivity contribution in [3.8, 4) is 16.9 Å². The lowest BCUT2D eigenvalue weighted by atomic mass is 10.1. The summed E-state index contributed by atoms with van der Waals surface area (Å²) >= 11 is 0. The average Bonchev–Trinajstić information content (AvgIpc) is 2.62. The van der Waals surface area contributed by atoms with Gasteiger partial charge in [-0.15, -0.1) is 0 Å². The molecule has 1 N–H and O–H groups in total. The SMILES string of the molecule is O=C(NCc1ccncc1)Oc1cccc(-c2ccccc2)c1. The first-order valence-corrected chi connectivity index (χ1v) is 7.31. The van der Waals surface area contributed by atoms with Gasteiger partial charge in [0, 0.05) is 18.9 Å². The van der Waals surface area contributed by atoms with Crippen LogP contribution in [0.1, 0.15) is 5.56 Å². The molecular formula is C19H16N2O2. The fourth-order valence-corrected chi connectivity index (χ4v) is 2.19. The second-order valence-electron chi connectivity index (χ2n) is 4.99. The predicted molar refractivity (Wildman–Crippen MR) is 89.0 cm³/mol. The molecule has 0 aliphatic rings. The van der Waals surface area contributed by atoms with Crippen LogP contribution in [0.15, 0.2) is 79.1 Å². The molecule has 0 bridgehead atoms. The van der Waals surface area contributed by atoms with Gasteiger partial charge in [-0.1, -0.05) is 42.5 Å². The van der Waals surface area contributed by atoms with Gasteiger partial charge in [0.05, 0.1) is 0 Å². The molecule has 1 aromatic heterocycles. The van der Waals surface area contributed by atoms with E-state index in [2.05, 4.69) is 10.3 Å². The molecule has 114 valence electrons. The van der Waals surface area contributed by atoms with Crippen LogP contribution in [0.4, 0.5) is 4.79 Å². The molecule has 0 unspecified atom stereocenters. The molecule has 1 heterocycles. The fourth-order valence-electron chi connectivity index (χ4n) is 2.19. The van der Waals surface area contributed by atoms with Crippen molar-refractivity contribution >= 4 is 6.09 Å². The molecule has 2 aromatic carbocycles. The van der Waals surface area contributed by atoms with Crippen LogP contribution in [0.25, 0.3) is 11.1 Å². The number of rotatable bonds is 4. The Kier molecular flexibility index (Phi) is 4.64. The Morgan fingerprint density at radius 1 is 0.913 bits per heavy atom. The quantitative estimate of drug-likeness (QED) is 0.791. The first kappa shape index (κ1) is 14.8. The molecule has 4 heteroatoms. The van der Waals surface area contributed by atoms with E-state index >= 15 is 0 Å². The van der Waals surface area contributed by atoms with Crippen LogP contribution in [0.3, 0.4) is 0 Å². The van der Waals surface area contributed by atoms with Crippen molar-refractivity contribution in [1.29, 1.82) is 0 Å². The Morgan fingerprint density at radius 3 is 2.43 bits per heavy atom. The number of benzene rings is 2. The van der Waals surface area contributed by atoms with E-state index in [9.17, 15) is 4.79 Å². The van der Waals surface area contributed by atoms with Gasteiger partial charge < -0.3 is 10.1 Å². The zero-order valence-corrected chi connectivity index (χ0v) is 12.5. The van der Waals surface area contributed by atoms with E-state index < -0.39 is 6.09 Å². The van der Waals surface area contributed by atoms with Gasteiger partial charge in [0.1, 0.15) is 5.75 Å². The molecule has 0 fully saturated rings. The van der Waals surface area contributed by atoms with E-state index in [-0.39, 0.29) is 0 Å². The molecule has 23 heavy (non-hydrogen) atoms. The highest BCUT2D eigenvalue weighted by Gasteiger charge is 2.05. The zero-order chi connectivity index (χ0) is 15.9. The maximum atomic E-state index is 11.9. The van der Waals surface area contributed by atoms with Crippen LogP contribution in [0.5, 0.6) is 5.75 Å². The van der Waals surface area contributed by atoms with Crippen molar-refractivity contribution < 1.29 is 9.53 Å². The van der Waals surface area contributed by atoms with E-state index in [4.69, 9.17) is 4.74 Å². The van der Waals surface area contributed by atoms with E-state index in [1.54, 1.807) is 18.5 Å². The maximum Gasteiger partial charge on any atom is 0.412 e. The van der Waals surface area contributed by atoms with Gasteiger partial charge in [0.2, 0.25) is 0 Å². The van der Waals surface area contributed by atoms with Crippen molar-refractivity contribution in [3.05, 3.63) is 84.7 Å². The van der Waals surface area contributed by atoms with Crippen molar-refractivity contribution in [3.63, 3.8) is 0 Å². The lowest BCUT2D eigenvalue weighted by molar-refractivity contribution is 0.200. The molecule has 0 spiro atoms. The normalized spacial score (nSPS) is 10.1. The minimum absolute atomic E-state index is 0.403. The number of aromatic nitrogens is 1. The van der Waals surface area contributed by atoms with Crippen LogP contribution < -0.4 is 10.1 Å². The van der Waals surface area contributed by atoms with Crippen LogP contribution >= 0.6 is 0 Å². The number of hydrogen-bond acceptors (Lipinski definition) is 3. The molecule has 0 radical (unpaired) electrons. The van der Waals surface area contributed by atoms with Crippen molar-refractivity contribution in [2.24, 2.45) is 0 Å². The van der Waals surface area contributed by atoms with Gasteiger partial charge in [-0.2, -0.15) is 0 Å². The summed E-state index contributed by atoms with van der Waals surface area (Å²) < 4.78 is 5.33. The van der Waals surface area contributed by atoms with Crippen LogP contribution in [0.2, 0.25) is 0 Å². The second-order valence-corrected chi connectivity index (χ2v) is 4.99. The lowest BCUT2D eigenvalue weighted by Crippen LogP contribution is -2.26. The number of amides is 1. The summed E-state index contributed by atoms with van der Waals surface area (Å²) in [6.07, 6.45) is 2.89. The van der Waals surface area contributed by atoms with Crippen molar-refractivity contribution in [1.82, 2.24) is 10.3 Å². The molecule has 1 amide bonds. The number of hydrogen-bond donors (Lipinski definition) is 1. The van der Waals surface area contributed by atoms with Crippen LogP contribution in [-0.4, -0.2) is 11.1 Å². The monoisotopic (exact) mass is 304 g/mol. The third-order valence-corrected chi connectivity index (χ3v) is 3.34. The second kappa shape index (κ2) is 7.22. The van der Waals surface area contributed by atoms with Crippen LogP contribution in [0, 0.1) is 0 Å². The number of nitrogens with one attached hydrogen (secondary N) is 1. The Balaban J connectivity index is 1.63. The first-order chi connectivity index (χ1) is 11.3. The van der Waals surface area contributed by atoms with Gasteiger partial charge >= 0.3 is 6.09 Å². The Morgan fingerprint density at radius 2 is 1.65 bits per heavy atom. The first-order valence-electron chi connectivity index (χ1n) is 7.31. The summed E-state index contributed by atoms with van der Waals surface area (Å²) in [7, 11) is 0. The third kappa shape index (κ3) is 4.17. The van der Waals surface area contributed by atoms with E-state index in [1.807, 2.05) is 60.7 Å². The third-order valence-electron chi connectivity index (χ3n) is 3.34. The highest BCUT2D eigenvalue weighted by atomic mass is 16.6. The molecule has 4 nitrogen and oxygen atoms in total. The molecule has 0 aliphatic carbocycles. The van der Waals surface area contributed by atoms with Gasteiger partial charge in [0.15, 0.2) is 0 Å². The Bertz CT molecular complexity index is 774. The summed E-state index contributed by atoms with van der Waals surface area (Å²) in [5.41, 5.74) is 3.05. The number of carbonyl (C=O) groups is 1. The predicted octanol–water partition coefficient (Wildman–Crippen LogP) is 4.04. The molecule has 3 aromatic rings. The largest absolute Gasteiger partial charge is 0.412 e. The molecule has 0 atom stereocenters. The molecule has 0 aliphatic heterocycles. The lowest BCUT2D eigenvalue weighted by Gasteiger charge is -2.08. The highest BCUT2D eigenvalue weighted by Crippen LogP contribution is 2.23. The standard InChI is InChI=1S/C19H16N2O2/c22-19(21-14-15-9-11-20-12-10-15)23-18-8-4-7-17(13-18)16-5-2-1-3-6-16/h1-13H,14H2,(H,21,22). The summed E-state index contributed by atoms with van der Waals surface area (Å²) in [4.78, 5) is 15.8. The summed E-state index contributed by atoms with van der Waals surface area (Å²) in [5, 5.41) is 2.72. The Labute approximate surface area is 134 Å². The topological polar surface area (TPSA) is 51.2 Å². The number of ether oxygens (including phenoxy) is 1. The fraction of sp³-hybridized carbons (Fsp3) is 0.0526. The van der Waals surface area contributed by atoms with Crippen molar-refractivity contribution in [2.75, 3.05) is 0 Å². The van der Waals surface area contributed by atoms with E-state index in [0.717, 1.165) is 16.7 Å².